The summed E-state index contributed by atoms with van der Waals surface area (Å²) in [5.41, 5.74) is 0. The Morgan fingerprint density at radius 1 is 1.41 bits per heavy atom. The monoisotopic (exact) mass is 277 g/mol. The van der Waals surface area contributed by atoms with Crippen molar-refractivity contribution in [3.8, 4) is 0 Å². The van der Waals surface area contributed by atoms with E-state index in [1.54, 1.807) is 0 Å². The summed E-state index contributed by atoms with van der Waals surface area (Å²) in [7, 11) is 0. The van der Waals surface area contributed by atoms with Crippen LogP contribution in [-0.2, 0) is 9.53 Å². The predicted molar refractivity (Wildman–Crippen MR) is 71.7 cm³/mol. The molecule has 2 rings (SSSR count). The Morgan fingerprint density at radius 3 is 2.88 bits per heavy atom. The van der Waals surface area contributed by atoms with Gasteiger partial charge in [0.25, 0.3) is 0 Å². The predicted octanol–water partition coefficient (Wildman–Crippen LogP) is 1.99. The quantitative estimate of drug-likeness (QED) is 0.739. The SMILES string of the molecule is O=C(CC1CCSCC1)N1CCOCC1CCl. The number of hydrogen-bond donors (Lipinski definition) is 0. The van der Waals surface area contributed by atoms with Crippen molar-refractivity contribution in [2.75, 3.05) is 37.1 Å². The van der Waals surface area contributed by atoms with E-state index in [0.717, 1.165) is 0 Å². The molecule has 0 radical (unpaired) electrons. The summed E-state index contributed by atoms with van der Waals surface area (Å²) in [5, 5.41) is 0. The molecule has 1 unspecified atom stereocenters. The molecule has 17 heavy (non-hydrogen) atoms. The van der Waals surface area contributed by atoms with Crippen molar-refractivity contribution in [3.05, 3.63) is 0 Å². The number of carbonyl (C=O) groups excluding carboxylic acids is 1. The first kappa shape index (κ1) is 13.5. The van der Waals surface area contributed by atoms with Crippen LogP contribution in [0, 0.1) is 5.92 Å². The molecule has 2 aliphatic heterocycles. The van der Waals surface area contributed by atoms with Crippen LogP contribution in [0.5, 0.6) is 0 Å². The number of amides is 1. The van der Waals surface area contributed by atoms with Gasteiger partial charge in [0.15, 0.2) is 0 Å². The molecular weight excluding hydrogens is 258 g/mol. The second-order valence-corrected chi connectivity index (χ2v) is 6.26. The molecule has 1 atom stereocenters. The highest BCUT2D eigenvalue weighted by Gasteiger charge is 2.28. The fraction of sp³-hybridized carbons (Fsp3) is 0.917. The molecule has 98 valence electrons. The van der Waals surface area contributed by atoms with E-state index < -0.39 is 0 Å². The highest BCUT2D eigenvalue weighted by molar-refractivity contribution is 7.99. The lowest BCUT2D eigenvalue weighted by atomic mass is 9.97. The molecular formula is C12H20ClNO2S. The molecule has 2 fully saturated rings. The van der Waals surface area contributed by atoms with Crippen molar-refractivity contribution >= 4 is 29.3 Å². The Labute approximate surface area is 112 Å². The van der Waals surface area contributed by atoms with Crippen LogP contribution in [0.1, 0.15) is 19.3 Å². The van der Waals surface area contributed by atoms with E-state index in [0.29, 0.717) is 38.0 Å². The molecule has 3 nitrogen and oxygen atoms in total. The number of halogens is 1. The first-order valence-corrected chi connectivity index (χ1v) is 8.01. The van der Waals surface area contributed by atoms with Crippen LogP contribution in [0.2, 0.25) is 0 Å². The number of morpholine rings is 1. The van der Waals surface area contributed by atoms with Gasteiger partial charge in [-0.3, -0.25) is 4.79 Å². The Bertz CT molecular complexity index is 259. The van der Waals surface area contributed by atoms with Gasteiger partial charge < -0.3 is 9.64 Å². The second-order valence-electron chi connectivity index (χ2n) is 4.73. The Hall–Kier alpha value is 0.0700. The first-order valence-electron chi connectivity index (χ1n) is 6.32. The third-order valence-electron chi connectivity index (χ3n) is 3.53. The molecule has 0 saturated carbocycles. The van der Waals surface area contributed by atoms with Crippen molar-refractivity contribution in [1.29, 1.82) is 0 Å². The van der Waals surface area contributed by atoms with Crippen LogP contribution in [-0.4, -0.2) is 54.0 Å². The van der Waals surface area contributed by atoms with Gasteiger partial charge in [-0.2, -0.15) is 11.8 Å². The summed E-state index contributed by atoms with van der Waals surface area (Å²) in [5.74, 6) is 3.75. The molecule has 0 aromatic carbocycles. The van der Waals surface area contributed by atoms with Crippen LogP contribution in [0.3, 0.4) is 0 Å². The lowest BCUT2D eigenvalue weighted by Gasteiger charge is -2.35. The topological polar surface area (TPSA) is 29.5 Å². The molecule has 0 aliphatic carbocycles. The second kappa shape index (κ2) is 6.86. The summed E-state index contributed by atoms with van der Waals surface area (Å²) in [4.78, 5) is 14.2. The van der Waals surface area contributed by atoms with Crippen molar-refractivity contribution < 1.29 is 9.53 Å². The highest BCUT2D eigenvalue weighted by Crippen LogP contribution is 2.26. The largest absolute Gasteiger partial charge is 0.377 e. The number of carbonyl (C=O) groups is 1. The summed E-state index contributed by atoms with van der Waals surface area (Å²) in [6.45, 7) is 1.95. The minimum atomic E-state index is 0.0795. The fourth-order valence-corrected chi connectivity index (χ4v) is 3.89. The van der Waals surface area contributed by atoms with E-state index >= 15 is 0 Å². The van der Waals surface area contributed by atoms with Crippen LogP contribution < -0.4 is 0 Å². The van der Waals surface area contributed by atoms with Gasteiger partial charge in [-0.15, -0.1) is 11.6 Å². The van der Waals surface area contributed by atoms with Gasteiger partial charge >= 0.3 is 0 Å². The van der Waals surface area contributed by atoms with Gasteiger partial charge in [0.1, 0.15) is 0 Å². The van der Waals surface area contributed by atoms with Gasteiger partial charge in [0.2, 0.25) is 5.91 Å². The van der Waals surface area contributed by atoms with Crippen molar-refractivity contribution in [1.82, 2.24) is 4.90 Å². The van der Waals surface area contributed by atoms with E-state index in [2.05, 4.69) is 0 Å². The lowest BCUT2D eigenvalue weighted by Crippen LogP contribution is -2.50. The molecule has 0 aromatic heterocycles. The van der Waals surface area contributed by atoms with Crippen molar-refractivity contribution in [2.24, 2.45) is 5.92 Å². The molecule has 2 saturated heterocycles. The van der Waals surface area contributed by atoms with E-state index in [9.17, 15) is 4.79 Å². The van der Waals surface area contributed by atoms with E-state index in [1.807, 2.05) is 16.7 Å². The molecule has 5 heteroatoms. The maximum atomic E-state index is 12.2. The number of rotatable bonds is 3. The Kier molecular flexibility index (Phi) is 5.45. The van der Waals surface area contributed by atoms with E-state index in [-0.39, 0.29) is 11.9 Å². The fourth-order valence-electron chi connectivity index (χ4n) is 2.43. The maximum Gasteiger partial charge on any atom is 0.223 e. The van der Waals surface area contributed by atoms with E-state index in [1.165, 1.54) is 24.3 Å². The third kappa shape index (κ3) is 3.76. The van der Waals surface area contributed by atoms with Gasteiger partial charge in [-0.05, 0) is 30.3 Å². The normalized spacial score (nSPS) is 27.1. The molecule has 0 N–H and O–H groups in total. The number of thioether (sulfide) groups is 1. The summed E-state index contributed by atoms with van der Waals surface area (Å²) < 4.78 is 5.36. The average molecular weight is 278 g/mol. The minimum Gasteiger partial charge on any atom is -0.377 e. The van der Waals surface area contributed by atoms with Gasteiger partial charge in [0, 0.05) is 18.8 Å². The van der Waals surface area contributed by atoms with E-state index in [4.69, 9.17) is 16.3 Å². The summed E-state index contributed by atoms with van der Waals surface area (Å²) >= 11 is 7.89. The van der Waals surface area contributed by atoms with Gasteiger partial charge in [0.05, 0.1) is 19.3 Å². The third-order valence-corrected chi connectivity index (χ3v) is 4.94. The standard InChI is InChI=1S/C12H20ClNO2S/c13-8-11-9-16-4-3-14(11)12(15)7-10-1-5-17-6-2-10/h10-11H,1-9H2. The minimum absolute atomic E-state index is 0.0795. The van der Waals surface area contributed by atoms with Gasteiger partial charge in [-0.25, -0.2) is 0 Å². The average Bonchev–Trinajstić information content (AvgIpc) is 2.40. The Morgan fingerprint density at radius 2 is 2.18 bits per heavy atom. The van der Waals surface area contributed by atoms with Crippen LogP contribution in [0.4, 0.5) is 0 Å². The number of hydrogen-bond acceptors (Lipinski definition) is 3. The van der Waals surface area contributed by atoms with Crippen molar-refractivity contribution in [2.45, 2.75) is 25.3 Å². The molecule has 1 amide bonds. The summed E-state index contributed by atoms with van der Waals surface area (Å²) in [6, 6.07) is 0.0795. The zero-order valence-corrected chi connectivity index (χ0v) is 11.6. The lowest BCUT2D eigenvalue weighted by molar-refractivity contribution is -0.140. The number of nitrogens with zero attached hydrogens (tertiary/aromatic N) is 1. The molecule has 2 aliphatic rings. The zero-order valence-electron chi connectivity index (χ0n) is 10.1. The highest BCUT2D eigenvalue weighted by atomic mass is 35.5. The first-order chi connectivity index (χ1) is 8.31. The van der Waals surface area contributed by atoms with Crippen molar-refractivity contribution in [3.63, 3.8) is 0 Å². The van der Waals surface area contributed by atoms with Crippen LogP contribution >= 0.6 is 23.4 Å². The zero-order chi connectivity index (χ0) is 12.1. The number of alkyl halides is 1. The summed E-state index contributed by atoms with van der Waals surface area (Å²) in [6.07, 6.45) is 3.08. The molecule has 2 heterocycles. The molecule has 0 bridgehead atoms. The Balaban J connectivity index is 1.84. The maximum absolute atomic E-state index is 12.2. The molecule has 0 aromatic rings. The number of ether oxygens (including phenoxy) is 1. The molecule has 0 spiro atoms. The van der Waals surface area contributed by atoms with Crippen LogP contribution in [0.15, 0.2) is 0 Å². The van der Waals surface area contributed by atoms with Gasteiger partial charge in [-0.1, -0.05) is 0 Å². The van der Waals surface area contributed by atoms with Crippen LogP contribution in [0.25, 0.3) is 0 Å². The smallest absolute Gasteiger partial charge is 0.223 e.